The van der Waals surface area contributed by atoms with E-state index >= 15 is 0 Å². The quantitative estimate of drug-likeness (QED) is 0.764. The standard InChI is InChI=1S/C14H16OSi/c1-11-8-12(2)10-14(9-11)16(15)13-6-4-3-5-7-13/h3-10,15-16H,1-2H3. The number of aryl methyl sites for hydroxylation is 2. The fourth-order valence-corrected chi connectivity index (χ4v) is 3.81. The zero-order valence-electron chi connectivity index (χ0n) is 9.64. The lowest BCUT2D eigenvalue weighted by molar-refractivity contribution is 0.600. The molecule has 0 amide bonds. The molecule has 0 aliphatic carbocycles. The van der Waals surface area contributed by atoms with Gasteiger partial charge in [-0.2, -0.15) is 0 Å². The first-order chi connectivity index (χ1) is 7.66. The Morgan fingerprint density at radius 2 is 1.38 bits per heavy atom. The van der Waals surface area contributed by atoms with E-state index in [1.165, 1.54) is 11.1 Å². The van der Waals surface area contributed by atoms with E-state index in [-0.39, 0.29) is 0 Å². The predicted molar refractivity (Wildman–Crippen MR) is 71.0 cm³/mol. The number of benzene rings is 2. The van der Waals surface area contributed by atoms with Gasteiger partial charge in [0.1, 0.15) is 0 Å². The average molecular weight is 228 g/mol. The van der Waals surface area contributed by atoms with Crippen molar-refractivity contribution in [1.29, 1.82) is 0 Å². The molecule has 0 heterocycles. The highest BCUT2D eigenvalue weighted by molar-refractivity contribution is 6.78. The van der Waals surface area contributed by atoms with Crippen molar-refractivity contribution in [2.45, 2.75) is 13.8 Å². The summed E-state index contributed by atoms with van der Waals surface area (Å²) in [4.78, 5) is 10.4. The monoisotopic (exact) mass is 228 g/mol. The second-order valence-corrected chi connectivity index (χ2v) is 6.37. The summed E-state index contributed by atoms with van der Waals surface area (Å²) in [7, 11) is -1.97. The first kappa shape index (κ1) is 11.1. The van der Waals surface area contributed by atoms with Gasteiger partial charge in [0.2, 0.25) is 9.04 Å². The van der Waals surface area contributed by atoms with Gasteiger partial charge in [-0.15, -0.1) is 0 Å². The van der Waals surface area contributed by atoms with E-state index in [4.69, 9.17) is 0 Å². The summed E-state index contributed by atoms with van der Waals surface area (Å²) in [5.74, 6) is 0. The van der Waals surface area contributed by atoms with Crippen molar-refractivity contribution in [2.24, 2.45) is 0 Å². The van der Waals surface area contributed by atoms with Crippen molar-refractivity contribution in [2.75, 3.05) is 0 Å². The molecule has 0 radical (unpaired) electrons. The van der Waals surface area contributed by atoms with Crippen molar-refractivity contribution in [1.82, 2.24) is 0 Å². The van der Waals surface area contributed by atoms with Gasteiger partial charge in [0.05, 0.1) is 0 Å². The Kier molecular flexibility index (Phi) is 3.22. The van der Waals surface area contributed by atoms with Gasteiger partial charge in [0.15, 0.2) is 0 Å². The first-order valence-electron chi connectivity index (χ1n) is 5.48. The Morgan fingerprint density at radius 3 is 1.94 bits per heavy atom. The molecule has 2 aromatic rings. The van der Waals surface area contributed by atoms with E-state index in [0.717, 1.165) is 10.4 Å². The zero-order chi connectivity index (χ0) is 11.5. The second kappa shape index (κ2) is 4.64. The van der Waals surface area contributed by atoms with Crippen LogP contribution >= 0.6 is 0 Å². The molecule has 0 aliphatic rings. The van der Waals surface area contributed by atoms with Crippen LogP contribution in [0.25, 0.3) is 0 Å². The van der Waals surface area contributed by atoms with Crippen LogP contribution in [0.5, 0.6) is 0 Å². The van der Waals surface area contributed by atoms with E-state index in [1.807, 2.05) is 30.3 Å². The van der Waals surface area contributed by atoms with Crippen molar-refractivity contribution in [3.8, 4) is 0 Å². The molecular weight excluding hydrogens is 212 g/mol. The highest BCUT2D eigenvalue weighted by atomic mass is 28.3. The van der Waals surface area contributed by atoms with Gasteiger partial charge in [-0.05, 0) is 24.2 Å². The third-order valence-corrected chi connectivity index (χ3v) is 4.66. The fourth-order valence-electron chi connectivity index (χ4n) is 2.00. The molecule has 2 rings (SSSR count). The van der Waals surface area contributed by atoms with Crippen molar-refractivity contribution in [3.63, 3.8) is 0 Å². The van der Waals surface area contributed by atoms with E-state index in [2.05, 4.69) is 32.0 Å². The largest absolute Gasteiger partial charge is 0.426 e. The Labute approximate surface area is 98.1 Å². The summed E-state index contributed by atoms with van der Waals surface area (Å²) < 4.78 is 0. The molecule has 1 unspecified atom stereocenters. The van der Waals surface area contributed by atoms with Crippen LogP contribution < -0.4 is 10.4 Å². The van der Waals surface area contributed by atoms with E-state index in [0.29, 0.717) is 0 Å². The van der Waals surface area contributed by atoms with Crippen LogP contribution in [0.3, 0.4) is 0 Å². The maximum Gasteiger partial charge on any atom is 0.236 e. The van der Waals surface area contributed by atoms with Gasteiger partial charge in [-0.25, -0.2) is 0 Å². The lowest BCUT2D eigenvalue weighted by atomic mass is 10.2. The summed E-state index contributed by atoms with van der Waals surface area (Å²) in [6, 6.07) is 16.3. The molecule has 0 aromatic heterocycles. The normalized spacial score (nSPS) is 12.4. The fraction of sp³-hybridized carbons (Fsp3) is 0.143. The molecule has 2 aromatic carbocycles. The lowest BCUT2D eigenvalue weighted by Crippen LogP contribution is -2.42. The molecule has 0 aliphatic heterocycles. The topological polar surface area (TPSA) is 20.2 Å². The van der Waals surface area contributed by atoms with Gasteiger partial charge in [-0.3, -0.25) is 0 Å². The van der Waals surface area contributed by atoms with Crippen LogP contribution in [-0.2, 0) is 0 Å². The summed E-state index contributed by atoms with van der Waals surface area (Å²) >= 11 is 0. The SMILES string of the molecule is Cc1cc(C)cc([SiH](O)c2ccccc2)c1. The molecule has 0 spiro atoms. The van der Waals surface area contributed by atoms with Crippen LogP contribution in [0, 0.1) is 13.8 Å². The third-order valence-electron chi connectivity index (χ3n) is 2.68. The maximum atomic E-state index is 10.4. The summed E-state index contributed by atoms with van der Waals surface area (Å²) in [6.07, 6.45) is 0. The van der Waals surface area contributed by atoms with Gasteiger partial charge >= 0.3 is 0 Å². The summed E-state index contributed by atoms with van der Waals surface area (Å²) in [5.41, 5.74) is 2.44. The summed E-state index contributed by atoms with van der Waals surface area (Å²) in [5, 5.41) is 2.18. The third kappa shape index (κ3) is 2.40. The highest BCUT2D eigenvalue weighted by Crippen LogP contribution is 2.01. The molecule has 1 N–H and O–H groups in total. The average Bonchev–Trinajstić information content (AvgIpc) is 2.28. The maximum absolute atomic E-state index is 10.4. The highest BCUT2D eigenvalue weighted by Gasteiger charge is 2.13. The number of hydrogen-bond donors (Lipinski definition) is 1. The van der Waals surface area contributed by atoms with Crippen LogP contribution in [0.15, 0.2) is 48.5 Å². The van der Waals surface area contributed by atoms with Gasteiger partial charge < -0.3 is 4.80 Å². The first-order valence-corrected chi connectivity index (χ1v) is 7.15. The Hall–Kier alpha value is -1.38. The van der Waals surface area contributed by atoms with E-state index in [1.54, 1.807) is 0 Å². The van der Waals surface area contributed by atoms with Gasteiger partial charge in [0.25, 0.3) is 0 Å². The molecule has 1 atom stereocenters. The van der Waals surface area contributed by atoms with Gasteiger partial charge in [-0.1, -0.05) is 59.7 Å². The van der Waals surface area contributed by atoms with Crippen LogP contribution in [0.1, 0.15) is 11.1 Å². The molecule has 0 saturated heterocycles. The number of hydrogen-bond acceptors (Lipinski definition) is 1. The van der Waals surface area contributed by atoms with Crippen molar-refractivity contribution < 1.29 is 4.80 Å². The molecule has 0 bridgehead atoms. The van der Waals surface area contributed by atoms with E-state index < -0.39 is 9.04 Å². The molecule has 82 valence electrons. The zero-order valence-corrected chi connectivity index (χ0v) is 10.8. The number of rotatable bonds is 2. The molecule has 0 fully saturated rings. The van der Waals surface area contributed by atoms with Crippen LogP contribution in [0.2, 0.25) is 0 Å². The van der Waals surface area contributed by atoms with E-state index in [9.17, 15) is 4.80 Å². The Morgan fingerprint density at radius 1 is 0.812 bits per heavy atom. The Balaban J connectivity index is 2.37. The van der Waals surface area contributed by atoms with Crippen molar-refractivity contribution in [3.05, 3.63) is 59.7 Å². The Bertz CT molecular complexity index is 459. The van der Waals surface area contributed by atoms with Crippen LogP contribution in [0.4, 0.5) is 0 Å². The molecule has 1 nitrogen and oxygen atoms in total. The molecule has 0 saturated carbocycles. The van der Waals surface area contributed by atoms with Gasteiger partial charge in [0, 0.05) is 0 Å². The molecule has 2 heteroatoms. The molecular formula is C14H16OSi. The minimum Gasteiger partial charge on any atom is -0.426 e. The second-order valence-electron chi connectivity index (χ2n) is 4.23. The molecule has 16 heavy (non-hydrogen) atoms. The lowest BCUT2D eigenvalue weighted by Gasteiger charge is -2.11. The minimum absolute atomic E-state index is 1.08. The smallest absolute Gasteiger partial charge is 0.236 e. The van der Waals surface area contributed by atoms with Crippen LogP contribution in [-0.4, -0.2) is 13.8 Å². The predicted octanol–water partition coefficient (Wildman–Crippen LogP) is 1.13. The minimum atomic E-state index is -1.97. The summed E-state index contributed by atoms with van der Waals surface area (Å²) in [6.45, 7) is 4.14. The van der Waals surface area contributed by atoms with Crippen molar-refractivity contribution >= 4 is 19.4 Å².